The molecule has 0 aliphatic carbocycles. The minimum Gasteiger partial charge on any atom is -0.494 e. The summed E-state index contributed by atoms with van der Waals surface area (Å²) in [6.45, 7) is 5.00. The van der Waals surface area contributed by atoms with E-state index in [-0.39, 0.29) is 23.6 Å². The third-order valence-corrected chi connectivity index (χ3v) is 5.41. The second-order valence-electron chi connectivity index (χ2n) is 7.50. The first-order chi connectivity index (χ1) is 15.0. The highest BCUT2D eigenvalue weighted by molar-refractivity contribution is 5.60. The summed E-state index contributed by atoms with van der Waals surface area (Å²) in [5.41, 5.74) is 5.23. The third-order valence-electron chi connectivity index (χ3n) is 5.41. The Hall–Kier alpha value is -3.59. The Morgan fingerprint density at radius 1 is 1.16 bits per heavy atom. The van der Waals surface area contributed by atoms with Crippen LogP contribution in [0.3, 0.4) is 0 Å². The number of hydrogen-bond donors (Lipinski definition) is 0. The number of fused-ring (bicyclic) bond motifs is 1. The molecule has 2 aromatic heterocycles. The van der Waals surface area contributed by atoms with Gasteiger partial charge in [0.1, 0.15) is 6.10 Å². The van der Waals surface area contributed by atoms with Crippen molar-refractivity contribution in [2.24, 2.45) is 0 Å². The zero-order valence-electron chi connectivity index (χ0n) is 17.3. The largest absolute Gasteiger partial charge is 0.494 e. The van der Waals surface area contributed by atoms with Crippen molar-refractivity contribution in [3.05, 3.63) is 64.6 Å². The van der Waals surface area contributed by atoms with Gasteiger partial charge in [-0.1, -0.05) is 34.1 Å². The molecule has 8 nitrogen and oxygen atoms in total. The Kier molecular flexibility index (Phi) is 4.74. The lowest BCUT2D eigenvalue weighted by Gasteiger charge is -2.25. The predicted molar refractivity (Wildman–Crippen MR) is 109 cm³/mol. The molecule has 0 saturated heterocycles. The maximum absolute atomic E-state index is 14.0. The van der Waals surface area contributed by atoms with E-state index < -0.39 is 5.82 Å². The molecule has 0 saturated carbocycles. The number of aromatic nitrogens is 5. The molecule has 1 aliphatic heterocycles. The van der Waals surface area contributed by atoms with E-state index in [0.717, 1.165) is 11.3 Å². The van der Waals surface area contributed by atoms with Crippen molar-refractivity contribution in [2.45, 2.75) is 33.1 Å². The Labute approximate surface area is 177 Å². The molecule has 0 bridgehead atoms. The van der Waals surface area contributed by atoms with Crippen molar-refractivity contribution < 1.29 is 18.4 Å². The summed E-state index contributed by atoms with van der Waals surface area (Å²) in [5, 5.41) is 12.4. The molecule has 158 valence electrons. The number of methoxy groups -OCH3 is 1. The van der Waals surface area contributed by atoms with Gasteiger partial charge in [-0.3, -0.25) is 0 Å². The minimum atomic E-state index is -0.502. The Morgan fingerprint density at radius 2 is 2.03 bits per heavy atom. The number of halogens is 1. The van der Waals surface area contributed by atoms with Crippen LogP contribution < -0.4 is 4.74 Å². The second kappa shape index (κ2) is 7.59. The van der Waals surface area contributed by atoms with E-state index in [1.807, 2.05) is 0 Å². The lowest BCUT2D eigenvalue weighted by Crippen LogP contribution is -2.22. The van der Waals surface area contributed by atoms with E-state index in [9.17, 15) is 4.39 Å². The first-order valence-corrected chi connectivity index (χ1v) is 9.82. The van der Waals surface area contributed by atoms with Gasteiger partial charge in [0.15, 0.2) is 17.3 Å². The van der Waals surface area contributed by atoms with Crippen LogP contribution in [-0.2, 0) is 17.9 Å². The van der Waals surface area contributed by atoms with Gasteiger partial charge in [-0.15, -0.1) is 5.10 Å². The van der Waals surface area contributed by atoms with E-state index in [2.05, 4.69) is 52.5 Å². The Balaban J connectivity index is 1.41. The minimum absolute atomic E-state index is 0.108. The van der Waals surface area contributed by atoms with Gasteiger partial charge in [-0.2, -0.15) is 4.98 Å². The third kappa shape index (κ3) is 3.46. The smallest absolute Gasteiger partial charge is 0.280 e. The molecule has 0 radical (unpaired) electrons. The zero-order chi connectivity index (χ0) is 21.5. The molecule has 3 heterocycles. The van der Waals surface area contributed by atoms with Crippen molar-refractivity contribution in [1.29, 1.82) is 0 Å². The van der Waals surface area contributed by atoms with Crippen LogP contribution in [0, 0.1) is 19.7 Å². The maximum atomic E-state index is 14.0. The molecule has 2 aromatic carbocycles. The van der Waals surface area contributed by atoms with E-state index in [4.69, 9.17) is 14.0 Å². The van der Waals surface area contributed by atoms with Gasteiger partial charge in [-0.25, -0.2) is 9.07 Å². The topological polar surface area (TPSA) is 88.1 Å². The number of hydrogen-bond acceptors (Lipinski definition) is 7. The number of rotatable bonds is 4. The van der Waals surface area contributed by atoms with Gasteiger partial charge >= 0.3 is 0 Å². The number of aryl methyl sites for hydroxylation is 2. The molecule has 1 atom stereocenters. The summed E-state index contributed by atoms with van der Waals surface area (Å²) < 4.78 is 32.3. The van der Waals surface area contributed by atoms with Crippen LogP contribution >= 0.6 is 0 Å². The lowest BCUT2D eigenvalue weighted by atomic mass is 10.0. The van der Waals surface area contributed by atoms with Crippen LogP contribution in [0.1, 0.15) is 28.5 Å². The van der Waals surface area contributed by atoms with Crippen molar-refractivity contribution in [3.63, 3.8) is 0 Å². The lowest BCUT2D eigenvalue weighted by molar-refractivity contribution is -0.00153. The number of benzene rings is 2. The fourth-order valence-electron chi connectivity index (χ4n) is 3.80. The summed E-state index contributed by atoms with van der Waals surface area (Å²) in [4.78, 5) is 4.37. The van der Waals surface area contributed by atoms with Crippen molar-refractivity contribution in [2.75, 3.05) is 7.11 Å². The first-order valence-electron chi connectivity index (χ1n) is 9.82. The molecular formula is C22H20FN5O3. The van der Waals surface area contributed by atoms with E-state index >= 15 is 0 Å². The Bertz CT molecular complexity index is 1270. The summed E-state index contributed by atoms with van der Waals surface area (Å²) in [6.07, 6.45) is -0.108. The first kappa shape index (κ1) is 19.4. The molecular weight excluding hydrogens is 401 g/mol. The van der Waals surface area contributed by atoms with Crippen LogP contribution in [0.4, 0.5) is 4.39 Å². The molecule has 4 aromatic rings. The fraction of sp³-hybridized carbons (Fsp3) is 0.273. The number of ether oxygens (including phenoxy) is 2. The van der Waals surface area contributed by atoms with Gasteiger partial charge in [0, 0.05) is 5.56 Å². The molecule has 0 unspecified atom stereocenters. The van der Waals surface area contributed by atoms with Crippen molar-refractivity contribution >= 4 is 0 Å². The molecule has 0 amide bonds. The van der Waals surface area contributed by atoms with Gasteiger partial charge in [-0.05, 0) is 43.2 Å². The van der Waals surface area contributed by atoms with Crippen LogP contribution in [0.15, 0.2) is 40.9 Å². The summed E-state index contributed by atoms with van der Waals surface area (Å²) in [6, 6.07) is 10.8. The van der Waals surface area contributed by atoms with Gasteiger partial charge < -0.3 is 14.0 Å². The molecule has 1 aliphatic rings. The number of nitrogens with zero attached hydrogens (tertiary/aromatic N) is 5. The monoisotopic (exact) mass is 421 g/mol. The van der Waals surface area contributed by atoms with Crippen molar-refractivity contribution in [1.82, 2.24) is 25.1 Å². The SMILES string of the molecule is COc1ccc(-c2noc(-c3nnn4c3CO[C@@H](c3ccc(C)cc3C)C4)n2)cc1F. The van der Waals surface area contributed by atoms with E-state index in [1.54, 1.807) is 10.7 Å². The van der Waals surface area contributed by atoms with Crippen LogP contribution in [-0.4, -0.2) is 32.2 Å². The molecule has 5 rings (SSSR count). The van der Waals surface area contributed by atoms with E-state index in [0.29, 0.717) is 24.4 Å². The summed E-state index contributed by atoms with van der Waals surface area (Å²) >= 11 is 0. The highest BCUT2D eigenvalue weighted by Gasteiger charge is 2.28. The molecule has 31 heavy (non-hydrogen) atoms. The highest BCUT2D eigenvalue weighted by Crippen LogP contribution is 2.32. The quantitative estimate of drug-likeness (QED) is 0.491. The highest BCUT2D eigenvalue weighted by atomic mass is 19.1. The predicted octanol–water partition coefficient (Wildman–Crippen LogP) is 4.03. The summed E-state index contributed by atoms with van der Waals surface area (Å²) in [5.74, 6) is 0.109. The normalized spacial score (nSPS) is 15.7. The fourth-order valence-corrected chi connectivity index (χ4v) is 3.80. The molecule has 0 N–H and O–H groups in total. The Morgan fingerprint density at radius 3 is 2.81 bits per heavy atom. The average molecular weight is 421 g/mol. The van der Waals surface area contributed by atoms with Crippen LogP contribution in [0.25, 0.3) is 23.0 Å². The van der Waals surface area contributed by atoms with Crippen LogP contribution in [0.2, 0.25) is 0 Å². The zero-order valence-corrected chi connectivity index (χ0v) is 17.3. The average Bonchev–Trinajstić information content (AvgIpc) is 3.40. The molecule has 0 spiro atoms. The molecule has 0 fully saturated rings. The van der Waals surface area contributed by atoms with Crippen molar-refractivity contribution in [3.8, 4) is 28.7 Å². The van der Waals surface area contributed by atoms with Gasteiger partial charge in [0.2, 0.25) is 5.82 Å². The van der Waals surface area contributed by atoms with Crippen LogP contribution in [0.5, 0.6) is 5.75 Å². The maximum Gasteiger partial charge on any atom is 0.280 e. The second-order valence-corrected chi connectivity index (χ2v) is 7.50. The van der Waals surface area contributed by atoms with E-state index in [1.165, 1.54) is 30.4 Å². The van der Waals surface area contributed by atoms with Gasteiger partial charge in [0.25, 0.3) is 5.89 Å². The molecule has 9 heteroatoms. The standard InChI is InChI=1S/C22H20FN5O3/c1-12-4-6-15(13(2)8-12)19-10-28-17(11-30-19)20(25-27-28)22-24-21(26-31-22)14-5-7-18(29-3)16(23)9-14/h4-9,19H,10-11H2,1-3H3/t19-/m1/s1. The summed E-state index contributed by atoms with van der Waals surface area (Å²) in [7, 11) is 1.41. The van der Waals surface area contributed by atoms with Gasteiger partial charge in [0.05, 0.1) is 26.0 Å².